The van der Waals surface area contributed by atoms with Crippen LogP contribution in [-0.2, 0) is 6.54 Å². The van der Waals surface area contributed by atoms with Crippen LogP contribution >= 0.6 is 0 Å². The predicted octanol–water partition coefficient (Wildman–Crippen LogP) is 0.725. The number of hydrogen-bond donors (Lipinski definition) is 1. The number of pyridine rings is 1. The van der Waals surface area contributed by atoms with Crippen molar-refractivity contribution in [3.8, 4) is 0 Å². The molecule has 2 bridgehead atoms. The molecule has 1 aromatic rings. The van der Waals surface area contributed by atoms with Gasteiger partial charge in [-0.25, -0.2) is 0 Å². The van der Waals surface area contributed by atoms with Gasteiger partial charge in [-0.3, -0.25) is 4.79 Å². The van der Waals surface area contributed by atoms with Crippen LogP contribution in [0, 0.1) is 5.92 Å². The molecule has 1 fully saturated rings. The lowest BCUT2D eigenvalue weighted by Crippen LogP contribution is -2.45. The Bertz CT molecular complexity index is 645. The number of hydrogen-bond acceptors (Lipinski definition) is 5. The lowest BCUT2D eigenvalue weighted by molar-refractivity contribution is 0.257. The van der Waals surface area contributed by atoms with E-state index in [4.69, 9.17) is 0 Å². The van der Waals surface area contributed by atoms with E-state index in [9.17, 15) is 4.79 Å². The summed E-state index contributed by atoms with van der Waals surface area (Å²) in [5.74, 6) is 1.03. The minimum Gasteiger partial charge on any atom is -0.316 e. The highest BCUT2D eigenvalue weighted by Gasteiger charge is 2.31. The molecule has 0 amide bonds. The Balaban J connectivity index is 1.83. The Morgan fingerprint density at radius 3 is 3.11 bits per heavy atom. The van der Waals surface area contributed by atoms with Crippen LogP contribution < -0.4 is 10.9 Å². The van der Waals surface area contributed by atoms with Gasteiger partial charge in [0.05, 0.1) is 5.71 Å². The summed E-state index contributed by atoms with van der Waals surface area (Å²) >= 11 is 0. The lowest BCUT2D eigenvalue weighted by Gasteiger charge is -2.37. The third-order valence-electron chi connectivity index (χ3n) is 4.24. The maximum atomic E-state index is 12.3. The number of aromatic nitrogens is 1. The Morgan fingerprint density at radius 2 is 2.26 bits per heavy atom. The van der Waals surface area contributed by atoms with Gasteiger partial charge in [-0.05, 0) is 30.2 Å². The molecule has 0 aromatic carbocycles. The fourth-order valence-electron chi connectivity index (χ4n) is 3.34. The molecule has 3 aliphatic heterocycles. The highest BCUT2D eigenvalue weighted by Crippen LogP contribution is 2.32. The van der Waals surface area contributed by atoms with E-state index in [-0.39, 0.29) is 5.56 Å². The molecule has 0 radical (unpaired) electrons. The molecule has 3 aliphatic rings. The van der Waals surface area contributed by atoms with E-state index >= 15 is 0 Å². The van der Waals surface area contributed by atoms with E-state index in [1.807, 2.05) is 4.57 Å². The van der Waals surface area contributed by atoms with Crippen LogP contribution in [0.5, 0.6) is 0 Å². The number of nitrogens with one attached hydrogen (secondary N) is 1. The first-order chi connectivity index (χ1) is 9.31. The van der Waals surface area contributed by atoms with Crippen molar-refractivity contribution < 1.29 is 0 Å². The molecule has 1 unspecified atom stereocenters. The summed E-state index contributed by atoms with van der Waals surface area (Å²) in [4.78, 5) is 12.3. The molecule has 6 nitrogen and oxygen atoms in total. The van der Waals surface area contributed by atoms with E-state index in [2.05, 4.69) is 26.8 Å². The number of rotatable bonds is 1. The van der Waals surface area contributed by atoms with Crippen molar-refractivity contribution in [1.82, 2.24) is 9.88 Å². The summed E-state index contributed by atoms with van der Waals surface area (Å²) in [6.45, 7) is 3.29. The second-order valence-electron chi connectivity index (χ2n) is 5.51. The van der Waals surface area contributed by atoms with Crippen LogP contribution in [0.3, 0.4) is 0 Å². The summed E-state index contributed by atoms with van der Waals surface area (Å²) in [5.41, 5.74) is 2.90. The summed E-state index contributed by atoms with van der Waals surface area (Å²) in [6, 6.07) is 3.78. The van der Waals surface area contributed by atoms with Gasteiger partial charge in [0.1, 0.15) is 6.54 Å². The van der Waals surface area contributed by atoms with E-state index < -0.39 is 0 Å². The smallest absolute Gasteiger partial charge is 0.251 e. The van der Waals surface area contributed by atoms with Crippen LogP contribution in [-0.4, -0.2) is 29.9 Å². The SMILES string of the molecule is O=c1cc(C2=NN=NC2)cc2n1CC1CNC[C@@H]2C1. The highest BCUT2D eigenvalue weighted by molar-refractivity contribution is 6.02. The normalized spacial score (nSPS) is 28.1. The second kappa shape index (κ2) is 4.09. The van der Waals surface area contributed by atoms with E-state index in [0.717, 1.165) is 36.6 Å². The Labute approximate surface area is 110 Å². The summed E-state index contributed by atoms with van der Waals surface area (Å²) in [5, 5.41) is 14.9. The van der Waals surface area contributed by atoms with Gasteiger partial charge in [-0.15, -0.1) is 5.10 Å². The van der Waals surface area contributed by atoms with Crippen molar-refractivity contribution in [3.63, 3.8) is 0 Å². The zero-order valence-electron chi connectivity index (χ0n) is 10.5. The molecule has 4 heterocycles. The van der Waals surface area contributed by atoms with Gasteiger partial charge in [-0.2, -0.15) is 5.11 Å². The van der Waals surface area contributed by atoms with Gasteiger partial charge >= 0.3 is 0 Å². The maximum absolute atomic E-state index is 12.3. The molecule has 0 saturated carbocycles. The topological polar surface area (TPSA) is 71.1 Å². The van der Waals surface area contributed by atoms with E-state index in [1.165, 1.54) is 6.42 Å². The molecule has 4 rings (SSSR count). The van der Waals surface area contributed by atoms with Gasteiger partial charge in [0.25, 0.3) is 5.56 Å². The van der Waals surface area contributed by atoms with Crippen LogP contribution in [0.4, 0.5) is 0 Å². The Kier molecular flexibility index (Phi) is 2.38. The number of nitrogens with zero attached hydrogens (tertiary/aromatic N) is 4. The first-order valence-corrected chi connectivity index (χ1v) is 6.70. The molecule has 1 saturated heterocycles. The average Bonchev–Trinajstić information content (AvgIpc) is 2.94. The number of fused-ring (bicyclic) bond motifs is 4. The van der Waals surface area contributed by atoms with Crippen molar-refractivity contribution >= 4 is 5.71 Å². The third-order valence-corrected chi connectivity index (χ3v) is 4.24. The van der Waals surface area contributed by atoms with Crippen LogP contribution in [0.25, 0.3) is 0 Å². The first-order valence-electron chi connectivity index (χ1n) is 6.70. The summed E-state index contributed by atoms with van der Waals surface area (Å²) in [7, 11) is 0. The fraction of sp³-hybridized carbons (Fsp3) is 0.538. The molecule has 2 atom stereocenters. The Morgan fingerprint density at radius 1 is 1.32 bits per heavy atom. The third kappa shape index (κ3) is 1.74. The molecule has 1 N–H and O–H groups in total. The molecule has 0 aliphatic carbocycles. The van der Waals surface area contributed by atoms with Crippen LogP contribution in [0.15, 0.2) is 32.4 Å². The van der Waals surface area contributed by atoms with Crippen LogP contribution in [0.1, 0.15) is 23.6 Å². The van der Waals surface area contributed by atoms with Crippen molar-refractivity contribution in [2.75, 3.05) is 19.6 Å². The molecule has 0 spiro atoms. The summed E-state index contributed by atoms with van der Waals surface area (Å²) < 4.78 is 1.94. The van der Waals surface area contributed by atoms with Crippen LogP contribution in [0.2, 0.25) is 0 Å². The average molecular weight is 257 g/mol. The monoisotopic (exact) mass is 257 g/mol. The second-order valence-corrected chi connectivity index (χ2v) is 5.51. The quantitative estimate of drug-likeness (QED) is 0.805. The molecular weight excluding hydrogens is 242 g/mol. The minimum atomic E-state index is 0.0821. The Hall–Kier alpha value is -1.82. The zero-order valence-corrected chi connectivity index (χ0v) is 10.5. The first kappa shape index (κ1) is 11.0. The van der Waals surface area contributed by atoms with Gasteiger partial charge < -0.3 is 9.88 Å². The predicted molar refractivity (Wildman–Crippen MR) is 70.7 cm³/mol. The van der Waals surface area contributed by atoms with E-state index in [1.54, 1.807) is 6.07 Å². The largest absolute Gasteiger partial charge is 0.316 e. The van der Waals surface area contributed by atoms with Gasteiger partial charge in [0.15, 0.2) is 0 Å². The van der Waals surface area contributed by atoms with E-state index in [0.29, 0.717) is 18.4 Å². The van der Waals surface area contributed by atoms with Crippen molar-refractivity contribution in [2.45, 2.75) is 18.9 Å². The maximum Gasteiger partial charge on any atom is 0.251 e. The molecule has 1 aromatic heterocycles. The van der Waals surface area contributed by atoms with Gasteiger partial charge in [-0.1, -0.05) is 0 Å². The minimum absolute atomic E-state index is 0.0821. The highest BCUT2D eigenvalue weighted by atomic mass is 16.1. The number of piperidine rings is 1. The van der Waals surface area contributed by atoms with Gasteiger partial charge in [0.2, 0.25) is 0 Å². The fourth-order valence-corrected chi connectivity index (χ4v) is 3.34. The lowest BCUT2D eigenvalue weighted by atomic mass is 9.83. The standard InChI is InChI=1S/C13H15N5O/c19-13-3-9(11-6-15-17-16-11)2-12-10-1-8(4-14-5-10)7-18(12)13/h2-3,8,10,14H,1,4-7H2/t8?,10-/m0/s1. The summed E-state index contributed by atoms with van der Waals surface area (Å²) in [6.07, 6.45) is 1.18. The van der Waals surface area contributed by atoms with Crippen molar-refractivity contribution in [1.29, 1.82) is 0 Å². The molecule has 19 heavy (non-hydrogen) atoms. The molecule has 98 valence electrons. The van der Waals surface area contributed by atoms with Crippen molar-refractivity contribution in [2.24, 2.45) is 21.4 Å². The molecular formula is C13H15N5O. The van der Waals surface area contributed by atoms with Crippen molar-refractivity contribution in [3.05, 3.63) is 33.7 Å². The van der Waals surface area contributed by atoms with Gasteiger partial charge in [0, 0.05) is 36.3 Å². The molecule has 6 heteroatoms. The zero-order chi connectivity index (χ0) is 12.8.